The average molecular weight is 126 g/mol. The number of rotatable bonds is 2. The molecule has 0 aliphatic carbocycles. The van der Waals surface area contributed by atoms with Crippen molar-refractivity contribution in [2.75, 3.05) is 13.2 Å². The molecule has 0 amide bonds. The first-order chi connectivity index (χ1) is 4.43. The van der Waals surface area contributed by atoms with Crippen LogP contribution in [0.5, 0.6) is 0 Å². The molecule has 9 heavy (non-hydrogen) atoms. The van der Waals surface area contributed by atoms with Crippen molar-refractivity contribution in [3.8, 4) is 0 Å². The summed E-state index contributed by atoms with van der Waals surface area (Å²) in [7, 11) is 0. The Balaban J connectivity index is 2.15. The van der Waals surface area contributed by atoms with Gasteiger partial charge in [-0.1, -0.05) is 0 Å². The van der Waals surface area contributed by atoms with Crippen LogP contribution in [0.2, 0.25) is 0 Å². The quantitative estimate of drug-likeness (QED) is 0.545. The predicted molar refractivity (Wildman–Crippen MR) is 33.5 cm³/mol. The van der Waals surface area contributed by atoms with E-state index in [4.69, 9.17) is 4.74 Å². The Morgan fingerprint density at radius 1 is 1.44 bits per heavy atom. The Labute approximate surface area is 55.2 Å². The third kappa shape index (κ3) is 2.14. The first-order valence-corrected chi connectivity index (χ1v) is 3.22. The summed E-state index contributed by atoms with van der Waals surface area (Å²) in [6.45, 7) is 1.59. The zero-order valence-corrected chi connectivity index (χ0v) is 5.30. The lowest BCUT2D eigenvalue weighted by Crippen LogP contribution is -2.16. The van der Waals surface area contributed by atoms with E-state index in [1.165, 1.54) is 0 Å². The number of ether oxygens (including phenoxy) is 1. The van der Waals surface area contributed by atoms with Gasteiger partial charge in [-0.2, -0.15) is 0 Å². The Hall–Kier alpha value is -0.370. The van der Waals surface area contributed by atoms with Gasteiger partial charge < -0.3 is 4.74 Å². The highest BCUT2D eigenvalue weighted by Crippen LogP contribution is 2.15. The molecule has 2 nitrogen and oxygen atoms in total. The SMILES string of the molecule is O=[C][CH]C1CCOCC1. The third-order valence-corrected chi connectivity index (χ3v) is 1.57. The van der Waals surface area contributed by atoms with Gasteiger partial charge in [0.05, 0.1) is 0 Å². The Morgan fingerprint density at radius 3 is 2.67 bits per heavy atom. The van der Waals surface area contributed by atoms with Crippen LogP contribution in [0.4, 0.5) is 0 Å². The summed E-state index contributed by atoms with van der Waals surface area (Å²) in [6.07, 6.45) is 5.37. The van der Waals surface area contributed by atoms with Crippen molar-refractivity contribution in [2.24, 2.45) is 5.92 Å². The Bertz CT molecular complexity index is 84.9. The number of hydrogen-bond donors (Lipinski definition) is 0. The lowest BCUT2D eigenvalue weighted by Gasteiger charge is -2.18. The van der Waals surface area contributed by atoms with Crippen LogP contribution >= 0.6 is 0 Å². The van der Waals surface area contributed by atoms with Crippen molar-refractivity contribution in [1.29, 1.82) is 0 Å². The minimum absolute atomic E-state index is 0.427. The summed E-state index contributed by atoms with van der Waals surface area (Å²) in [5.74, 6) is 0.427. The second-order valence-electron chi connectivity index (χ2n) is 2.23. The van der Waals surface area contributed by atoms with E-state index in [-0.39, 0.29) is 0 Å². The monoisotopic (exact) mass is 126 g/mol. The molecule has 1 saturated heterocycles. The van der Waals surface area contributed by atoms with Crippen LogP contribution in [-0.4, -0.2) is 19.5 Å². The van der Waals surface area contributed by atoms with Crippen molar-refractivity contribution < 1.29 is 9.53 Å². The normalized spacial score (nSPS) is 21.8. The van der Waals surface area contributed by atoms with E-state index in [0.717, 1.165) is 26.1 Å². The summed E-state index contributed by atoms with van der Waals surface area (Å²) in [4.78, 5) is 9.85. The van der Waals surface area contributed by atoms with Gasteiger partial charge >= 0.3 is 0 Å². The second kappa shape index (κ2) is 3.62. The van der Waals surface area contributed by atoms with E-state index in [0.29, 0.717) is 5.92 Å². The maximum Gasteiger partial charge on any atom is 0.202 e. The summed E-state index contributed by atoms with van der Waals surface area (Å²) >= 11 is 0. The van der Waals surface area contributed by atoms with Gasteiger partial charge in [0.25, 0.3) is 0 Å². The first-order valence-electron chi connectivity index (χ1n) is 3.22. The molecule has 0 atom stereocenters. The molecule has 1 aliphatic heterocycles. The molecule has 0 saturated carbocycles. The van der Waals surface area contributed by atoms with Crippen molar-refractivity contribution >= 4 is 6.29 Å². The standard InChI is InChI=1S/C7H10O2/c8-4-1-7-2-5-9-6-3-7/h1,7H,2-3,5-6H2. The Morgan fingerprint density at radius 2 is 2.11 bits per heavy atom. The van der Waals surface area contributed by atoms with E-state index in [9.17, 15) is 4.79 Å². The minimum atomic E-state index is 0.427. The molecule has 0 spiro atoms. The molecule has 50 valence electrons. The molecule has 0 bridgehead atoms. The number of hydrogen-bond acceptors (Lipinski definition) is 2. The largest absolute Gasteiger partial charge is 0.381 e. The van der Waals surface area contributed by atoms with E-state index < -0.39 is 0 Å². The first kappa shape index (κ1) is 6.75. The Kier molecular flexibility index (Phi) is 2.71. The summed E-state index contributed by atoms with van der Waals surface area (Å²) in [5, 5.41) is 0. The fourth-order valence-electron chi connectivity index (χ4n) is 0.979. The second-order valence-corrected chi connectivity index (χ2v) is 2.23. The highest BCUT2D eigenvalue weighted by atomic mass is 16.5. The van der Waals surface area contributed by atoms with Crippen LogP contribution in [0.25, 0.3) is 0 Å². The molecular weight excluding hydrogens is 116 g/mol. The van der Waals surface area contributed by atoms with Gasteiger partial charge in [-0.15, -0.1) is 0 Å². The van der Waals surface area contributed by atoms with E-state index in [1.54, 1.807) is 12.7 Å². The fraction of sp³-hybridized carbons (Fsp3) is 0.714. The maximum atomic E-state index is 9.85. The molecule has 2 heteroatoms. The molecule has 0 N–H and O–H groups in total. The van der Waals surface area contributed by atoms with E-state index in [1.807, 2.05) is 0 Å². The van der Waals surface area contributed by atoms with E-state index in [2.05, 4.69) is 0 Å². The van der Waals surface area contributed by atoms with Crippen molar-refractivity contribution in [3.63, 3.8) is 0 Å². The molecule has 0 unspecified atom stereocenters. The maximum absolute atomic E-state index is 9.85. The summed E-state index contributed by atoms with van der Waals surface area (Å²) in [5.41, 5.74) is 0. The van der Waals surface area contributed by atoms with Gasteiger partial charge in [0.15, 0.2) is 0 Å². The minimum Gasteiger partial charge on any atom is -0.381 e. The lowest BCUT2D eigenvalue weighted by molar-refractivity contribution is 0.0762. The molecule has 1 heterocycles. The zero-order chi connectivity index (χ0) is 6.53. The van der Waals surface area contributed by atoms with E-state index >= 15 is 0 Å². The van der Waals surface area contributed by atoms with Gasteiger partial charge in [0.2, 0.25) is 6.29 Å². The molecule has 1 aliphatic rings. The third-order valence-electron chi connectivity index (χ3n) is 1.57. The molecule has 0 aromatic carbocycles. The molecule has 2 radical (unpaired) electrons. The summed E-state index contributed by atoms with van der Waals surface area (Å²) < 4.78 is 5.10. The fourth-order valence-corrected chi connectivity index (χ4v) is 0.979. The van der Waals surface area contributed by atoms with Crippen LogP contribution < -0.4 is 0 Å². The molecule has 0 aromatic heterocycles. The highest BCUT2D eigenvalue weighted by Gasteiger charge is 2.12. The van der Waals surface area contributed by atoms with Gasteiger partial charge in [-0.25, -0.2) is 0 Å². The van der Waals surface area contributed by atoms with Crippen molar-refractivity contribution in [1.82, 2.24) is 0 Å². The molecule has 1 rings (SSSR count). The van der Waals surface area contributed by atoms with Crippen molar-refractivity contribution in [3.05, 3.63) is 6.42 Å². The van der Waals surface area contributed by atoms with Crippen LogP contribution in [0, 0.1) is 12.3 Å². The molecule has 1 fully saturated rings. The molecule has 0 aromatic rings. The van der Waals surface area contributed by atoms with Gasteiger partial charge in [-0.05, 0) is 18.8 Å². The van der Waals surface area contributed by atoms with Crippen LogP contribution in [0.15, 0.2) is 0 Å². The van der Waals surface area contributed by atoms with Crippen molar-refractivity contribution in [2.45, 2.75) is 12.8 Å². The number of carbonyl (C=O) groups excluding carboxylic acids is 1. The van der Waals surface area contributed by atoms with Gasteiger partial charge in [0, 0.05) is 19.6 Å². The predicted octanol–water partition coefficient (Wildman–Crippen LogP) is 0.727. The lowest BCUT2D eigenvalue weighted by atomic mass is 9.98. The van der Waals surface area contributed by atoms with Crippen LogP contribution in [0.3, 0.4) is 0 Å². The van der Waals surface area contributed by atoms with Gasteiger partial charge in [-0.3, -0.25) is 4.79 Å². The average Bonchev–Trinajstić information content (AvgIpc) is 1.91. The zero-order valence-electron chi connectivity index (χ0n) is 5.30. The van der Waals surface area contributed by atoms with Crippen LogP contribution in [-0.2, 0) is 9.53 Å². The summed E-state index contributed by atoms with van der Waals surface area (Å²) in [6, 6.07) is 0. The topological polar surface area (TPSA) is 26.3 Å². The van der Waals surface area contributed by atoms with Crippen LogP contribution in [0.1, 0.15) is 12.8 Å². The highest BCUT2D eigenvalue weighted by molar-refractivity contribution is 5.62. The van der Waals surface area contributed by atoms with Gasteiger partial charge in [0.1, 0.15) is 0 Å². The smallest absolute Gasteiger partial charge is 0.202 e. The molecular formula is C7H10O2.